The number of amides is 1. The third kappa shape index (κ3) is 16.0. The molecular formula is C56H87NO16. The fraction of sp³-hybridized carbons (Fsp3) is 0.750. The minimum atomic E-state index is -2.47. The van der Waals surface area contributed by atoms with Gasteiger partial charge < -0.3 is 53.7 Å². The quantitative estimate of drug-likeness (QED) is 0.116. The number of Topliss-reactive ketones (excluding diaryl/α,β-unsaturated/α-hetero) is 3. The number of hydrogen-bond acceptors (Lipinski definition) is 16. The maximum absolute atomic E-state index is 14.5. The van der Waals surface area contributed by atoms with E-state index >= 15 is 0 Å². The fourth-order valence-electron chi connectivity index (χ4n) is 10.7. The Labute approximate surface area is 433 Å². The van der Waals surface area contributed by atoms with Crippen LogP contribution in [0.4, 0.5) is 0 Å². The van der Waals surface area contributed by atoms with E-state index in [1.165, 1.54) is 21.1 Å². The zero-order valence-corrected chi connectivity index (χ0v) is 45.3. The van der Waals surface area contributed by atoms with Crippen LogP contribution in [0.1, 0.15) is 132 Å². The van der Waals surface area contributed by atoms with Crippen LogP contribution in [0, 0.1) is 40.9 Å². The summed E-state index contributed by atoms with van der Waals surface area (Å²) >= 11 is 0. The Morgan fingerprint density at radius 2 is 1.56 bits per heavy atom. The molecule has 3 heterocycles. The molecule has 0 aromatic rings. The number of nitrogens with zero attached hydrogens (tertiary/aromatic N) is 1. The second-order valence-corrected chi connectivity index (χ2v) is 21.8. The van der Waals surface area contributed by atoms with Crippen molar-refractivity contribution >= 4 is 35.2 Å². The van der Waals surface area contributed by atoms with Crippen LogP contribution in [0.2, 0.25) is 0 Å². The first kappa shape index (κ1) is 61.6. The van der Waals surface area contributed by atoms with Gasteiger partial charge in [-0.25, -0.2) is 4.79 Å². The summed E-state index contributed by atoms with van der Waals surface area (Å²) in [6, 6.07) is -1.20. The molecule has 1 saturated carbocycles. The molecule has 0 radical (unpaired) electrons. The van der Waals surface area contributed by atoms with Crippen molar-refractivity contribution in [2.75, 3.05) is 41.1 Å². The van der Waals surface area contributed by atoms with Crippen molar-refractivity contribution in [2.45, 2.75) is 187 Å². The average Bonchev–Trinajstić information content (AvgIpc) is 3.37. The molecule has 1 aliphatic carbocycles. The van der Waals surface area contributed by atoms with Crippen molar-refractivity contribution < 1.29 is 77.6 Å². The zero-order chi connectivity index (χ0) is 54.4. The zero-order valence-electron chi connectivity index (χ0n) is 45.3. The van der Waals surface area contributed by atoms with E-state index in [2.05, 4.69) is 0 Å². The van der Waals surface area contributed by atoms with E-state index in [9.17, 15) is 49.2 Å². The van der Waals surface area contributed by atoms with E-state index in [0.717, 1.165) is 10.5 Å². The number of rotatable bonds is 10. The fourth-order valence-corrected chi connectivity index (χ4v) is 10.7. The topological polar surface area (TPSA) is 242 Å². The monoisotopic (exact) mass is 1030 g/mol. The van der Waals surface area contributed by atoms with Crippen molar-refractivity contribution in [1.82, 2.24) is 4.90 Å². The highest BCUT2D eigenvalue weighted by Gasteiger charge is 2.53. The number of carbonyl (C=O) groups excluding carboxylic acids is 6. The summed E-state index contributed by atoms with van der Waals surface area (Å²) in [5.74, 6) is -9.36. The summed E-state index contributed by atoms with van der Waals surface area (Å²) in [6.07, 6.45) is 9.76. The summed E-state index contributed by atoms with van der Waals surface area (Å²) in [5, 5.41) is 43.1. The number of esters is 2. The van der Waals surface area contributed by atoms with Gasteiger partial charge in [-0.2, -0.15) is 0 Å². The molecule has 17 nitrogen and oxygen atoms in total. The Morgan fingerprint density at radius 1 is 0.863 bits per heavy atom. The summed E-state index contributed by atoms with van der Waals surface area (Å²) in [6.45, 7) is 12.7. The molecule has 73 heavy (non-hydrogen) atoms. The van der Waals surface area contributed by atoms with Gasteiger partial charge in [-0.15, -0.1) is 0 Å². The lowest BCUT2D eigenvalue weighted by Crippen LogP contribution is -2.61. The highest BCUT2D eigenvalue weighted by molar-refractivity contribution is 6.39. The van der Waals surface area contributed by atoms with E-state index in [4.69, 9.17) is 28.4 Å². The highest BCUT2D eigenvalue weighted by Crippen LogP contribution is 2.38. The third-order valence-electron chi connectivity index (χ3n) is 15.9. The van der Waals surface area contributed by atoms with E-state index in [1.807, 2.05) is 51.2 Å². The lowest BCUT2D eigenvalue weighted by Gasteiger charge is -2.42. The molecule has 0 aromatic heterocycles. The molecule has 1 amide bonds. The predicted octanol–water partition coefficient (Wildman–Crippen LogP) is 5.72. The maximum Gasteiger partial charge on any atom is 0.329 e. The van der Waals surface area contributed by atoms with E-state index in [-0.39, 0.29) is 42.8 Å². The molecule has 3 unspecified atom stereocenters. The van der Waals surface area contributed by atoms with Gasteiger partial charge in [-0.3, -0.25) is 24.0 Å². The second kappa shape index (κ2) is 28.3. The average molecular weight is 1030 g/mol. The van der Waals surface area contributed by atoms with Crippen molar-refractivity contribution in [3.8, 4) is 0 Å². The van der Waals surface area contributed by atoms with Crippen LogP contribution >= 0.6 is 0 Å². The van der Waals surface area contributed by atoms with Crippen molar-refractivity contribution in [3.05, 3.63) is 47.6 Å². The minimum Gasteiger partial charge on any atom is -0.460 e. The molecule has 4 N–H and O–H groups in total. The summed E-state index contributed by atoms with van der Waals surface area (Å²) in [7, 11) is 4.43. The number of hydrogen-bond donors (Lipinski definition) is 4. The Kier molecular flexibility index (Phi) is 23.9. The first-order valence-corrected chi connectivity index (χ1v) is 26.4. The van der Waals surface area contributed by atoms with E-state index < -0.39 is 120 Å². The smallest absolute Gasteiger partial charge is 0.329 e. The first-order chi connectivity index (χ1) is 34.5. The third-order valence-corrected chi connectivity index (χ3v) is 15.9. The lowest BCUT2D eigenvalue weighted by atomic mass is 9.78. The molecule has 412 valence electrons. The first-order valence-electron chi connectivity index (χ1n) is 26.4. The number of allylic oxidation sites excluding steroid dienone is 6. The standard InChI is InChI=1S/C56H87NO16/c1-33-17-13-12-14-18-34(2)45(68-9)29-41-22-20-39(7)56(67,73-41)51(63)52(64)57-24-16-15-19-42(57)53(65)71-46(30-43(60)35(3)26-38(6)49(62)50(70-11)48(61)37(5)25-33)36(4)27-40-21-23-44(47(28-40)69-10)72-54(66)55(8,31-58)32-59/h12-14,17-18,26,33,35-37,39-42,44-47,49-50,58-59,62,67H,15-16,19-25,27-32H2,1-11H3/t33-,35-,36-,37-,39-,40?,41+,42+,44?,45+,46+,47?,49-,50+,56-/m1/s1. The van der Waals surface area contributed by atoms with Gasteiger partial charge in [0.15, 0.2) is 5.78 Å². The lowest BCUT2D eigenvalue weighted by molar-refractivity contribution is -0.265. The Hall–Kier alpha value is -3.94. The summed E-state index contributed by atoms with van der Waals surface area (Å²) in [4.78, 5) is 85.4. The van der Waals surface area contributed by atoms with E-state index in [1.54, 1.807) is 40.9 Å². The Morgan fingerprint density at radius 3 is 2.21 bits per heavy atom. The van der Waals surface area contributed by atoms with Gasteiger partial charge >= 0.3 is 11.9 Å². The van der Waals surface area contributed by atoms with Crippen LogP contribution in [0.5, 0.6) is 0 Å². The number of cyclic esters (lactones) is 1. The van der Waals surface area contributed by atoms with Crippen LogP contribution in [0.25, 0.3) is 0 Å². The molecule has 0 aromatic carbocycles. The number of ketones is 3. The second-order valence-electron chi connectivity index (χ2n) is 21.8. The Balaban J connectivity index is 1.69. The molecule has 4 rings (SSSR count). The predicted molar refractivity (Wildman–Crippen MR) is 271 cm³/mol. The summed E-state index contributed by atoms with van der Waals surface area (Å²) in [5.41, 5.74) is -0.277. The normalized spacial score (nSPS) is 35.1. The van der Waals surface area contributed by atoms with Gasteiger partial charge in [0.05, 0.1) is 31.5 Å². The van der Waals surface area contributed by atoms with Gasteiger partial charge in [0.1, 0.15) is 41.7 Å². The maximum atomic E-state index is 14.5. The molecule has 2 bridgehead atoms. The molecule has 3 fully saturated rings. The van der Waals surface area contributed by atoms with Crippen LogP contribution in [-0.4, -0.2) is 156 Å². The number of piperidine rings is 1. The Bertz CT molecular complexity index is 2010. The van der Waals surface area contributed by atoms with Crippen LogP contribution in [0.3, 0.4) is 0 Å². The van der Waals surface area contributed by atoms with Crippen molar-refractivity contribution in [1.29, 1.82) is 0 Å². The largest absolute Gasteiger partial charge is 0.460 e. The number of ether oxygens (including phenoxy) is 6. The molecule has 2 saturated heterocycles. The van der Waals surface area contributed by atoms with E-state index in [0.29, 0.717) is 69.8 Å². The SMILES string of the molecule is COC1CC(C[C@@H](C)[C@@H]2CC(=O)[C@H](C)C=C(C)[C@@H](O)[C@@H](OC)C(=O)[C@H](C)C[C@H](C)C=CC=CC=C(C)[C@@H](OC)C[C@@H]3CC[C@@H](C)[C@@](O)(O3)C(=O)C(=O)N3CCCC[C@H]3C(=O)O2)CCC1OC(=O)C(C)(CO)CO. The van der Waals surface area contributed by atoms with Crippen molar-refractivity contribution in [3.63, 3.8) is 0 Å². The van der Waals surface area contributed by atoms with Gasteiger partial charge in [-0.05, 0) is 114 Å². The minimum absolute atomic E-state index is 0.00697. The molecule has 4 aliphatic rings. The van der Waals surface area contributed by atoms with Crippen LogP contribution in [0.15, 0.2) is 47.6 Å². The molecule has 3 aliphatic heterocycles. The molecule has 15 atom stereocenters. The van der Waals surface area contributed by atoms with Gasteiger partial charge in [0.2, 0.25) is 5.79 Å². The van der Waals surface area contributed by atoms with Crippen LogP contribution in [-0.2, 0) is 57.2 Å². The number of aliphatic hydroxyl groups excluding tert-OH is 3. The molecular weight excluding hydrogens is 943 g/mol. The van der Waals surface area contributed by atoms with Gasteiger partial charge in [-0.1, -0.05) is 71.1 Å². The molecule has 0 spiro atoms. The summed E-state index contributed by atoms with van der Waals surface area (Å²) < 4.78 is 35.4. The number of carbonyl (C=O) groups is 6. The van der Waals surface area contributed by atoms with Crippen LogP contribution < -0.4 is 0 Å². The highest BCUT2D eigenvalue weighted by atomic mass is 16.6. The van der Waals surface area contributed by atoms with Gasteiger partial charge in [0.25, 0.3) is 11.7 Å². The number of fused-ring (bicyclic) bond motifs is 3. The van der Waals surface area contributed by atoms with Crippen molar-refractivity contribution in [2.24, 2.45) is 40.9 Å². The number of methoxy groups -OCH3 is 3. The number of aliphatic hydroxyl groups is 4. The molecule has 17 heteroatoms. The van der Waals surface area contributed by atoms with Gasteiger partial charge in [0, 0.05) is 58.5 Å².